The molecular weight excluding hydrogens is 334 g/mol. The van der Waals surface area contributed by atoms with E-state index in [1.807, 2.05) is 31.6 Å². The number of aryl methyl sites for hydroxylation is 1. The Labute approximate surface area is 133 Å². The summed E-state index contributed by atoms with van der Waals surface area (Å²) in [6, 6.07) is 3.99. The number of nitrogens with two attached hydrogens (primary N) is 1. The topological polar surface area (TPSA) is 62.3 Å². The van der Waals surface area contributed by atoms with Gasteiger partial charge in [0.15, 0.2) is 11.5 Å². The van der Waals surface area contributed by atoms with Crippen LogP contribution < -0.4 is 15.2 Å². The lowest BCUT2D eigenvalue weighted by atomic mass is 10.1. The second kappa shape index (κ2) is 7.47. The first-order chi connectivity index (χ1) is 10.1. The minimum Gasteiger partial charge on any atom is -0.493 e. The molecule has 2 rings (SSSR count). The first-order valence-electron chi connectivity index (χ1n) is 6.81. The molecule has 0 fully saturated rings. The number of rotatable bonds is 7. The second-order valence-electron chi connectivity index (χ2n) is 4.77. The fourth-order valence-corrected chi connectivity index (χ4v) is 2.70. The Bertz CT molecular complexity index is 599. The van der Waals surface area contributed by atoms with Gasteiger partial charge < -0.3 is 15.2 Å². The van der Waals surface area contributed by atoms with E-state index in [4.69, 9.17) is 15.2 Å². The van der Waals surface area contributed by atoms with Crippen molar-refractivity contribution >= 4 is 15.9 Å². The summed E-state index contributed by atoms with van der Waals surface area (Å²) in [7, 11) is 3.54. The number of nitrogens with zero attached hydrogens (tertiary/aromatic N) is 2. The third-order valence-electron chi connectivity index (χ3n) is 3.12. The Balaban J connectivity index is 2.04. The molecule has 21 heavy (non-hydrogen) atoms. The molecule has 0 aliphatic heterocycles. The highest BCUT2D eigenvalue weighted by atomic mass is 79.9. The standard InChI is InChI=1S/C15H20BrN3O2/c1-19-10-12(9-18-19)4-6-21-15-13(16)7-11(3-5-17)8-14(15)20-2/h7-10H,3-6,17H2,1-2H3. The maximum atomic E-state index is 5.86. The number of aromatic nitrogens is 2. The highest BCUT2D eigenvalue weighted by Gasteiger charge is 2.11. The summed E-state index contributed by atoms with van der Waals surface area (Å²) < 4.78 is 13.9. The molecule has 6 heteroatoms. The van der Waals surface area contributed by atoms with Gasteiger partial charge in [0.1, 0.15) is 0 Å². The minimum atomic E-state index is 0.566. The van der Waals surface area contributed by atoms with Gasteiger partial charge in [-0.2, -0.15) is 5.10 Å². The van der Waals surface area contributed by atoms with E-state index in [1.54, 1.807) is 11.8 Å². The van der Waals surface area contributed by atoms with Crippen molar-refractivity contribution in [2.75, 3.05) is 20.3 Å². The molecule has 0 bridgehead atoms. The zero-order valence-corrected chi connectivity index (χ0v) is 13.9. The number of hydrogen-bond donors (Lipinski definition) is 1. The van der Waals surface area contributed by atoms with Gasteiger partial charge in [0.25, 0.3) is 0 Å². The predicted molar refractivity (Wildman–Crippen MR) is 85.9 cm³/mol. The van der Waals surface area contributed by atoms with E-state index in [1.165, 1.54) is 0 Å². The van der Waals surface area contributed by atoms with Crippen molar-refractivity contribution < 1.29 is 9.47 Å². The molecule has 0 spiro atoms. The van der Waals surface area contributed by atoms with Crippen LogP contribution in [0.2, 0.25) is 0 Å². The molecule has 0 unspecified atom stereocenters. The zero-order valence-electron chi connectivity index (χ0n) is 12.3. The molecule has 0 radical (unpaired) electrons. The molecule has 0 aliphatic carbocycles. The molecule has 5 nitrogen and oxygen atoms in total. The molecule has 2 aromatic rings. The van der Waals surface area contributed by atoms with E-state index in [2.05, 4.69) is 21.0 Å². The third kappa shape index (κ3) is 4.22. The maximum absolute atomic E-state index is 5.86. The summed E-state index contributed by atoms with van der Waals surface area (Å²) in [6.45, 7) is 1.17. The molecule has 1 aromatic heterocycles. The van der Waals surface area contributed by atoms with Crippen LogP contribution in [0.3, 0.4) is 0 Å². The Morgan fingerprint density at radius 3 is 2.71 bits per heavy atom. The van der Waals surface area contributed by atoms with Crippen LogP contribution in [0.15, 0.2) is 29.0 Å². The lowest BCUT2D eigenvalue weighted by Gasteiger charge is -2.14. The van der Waals surface area contributed by atoms with E-state index in [0.29, 0.717) is 13.2 Å². The van der Waals surface area contributed by atoms with Gasteiger partial charge in [0, 0.05) is 19.7 Å². The van der Waals surface area contributed by atoms with Gasteiger partial charge in [0.2, 0.25) is 0 Å². The van der Waals surface area contributed by atoms with E-state index in [9.17, 15) is 0 Å². The maximum Gasteiger partial charge on any atom is 0.175 e. The van der Waals surface area contributed by atoms with Crippen LogP contribution in [0.1, 0.15) is 11.1 Å². The van der Waals surface area contributed by atoms with Crippen LogP contribution in [-0.2, 0) is 19.9 Å². The number of benzene rings is 1. The average molecular weight is 354 g/mol. The van der Waals surface area contributed by atoms with Crippen molar-refractivity contribution in [3.8, 4) is 11.5 Å². The van der Waals surface area contributed by atoms with Gasteiger partial charge in [-0.05, 0) is 52.2 Å². The fraction of sp³-hybridized carbons (Fsp3) is 0.400. The minimum absolute atomic E-state index is 0.566. The second-order valence-corrected chi connectivity index (χ2v) is 5.62. The molecule has 2 N–H and O–H groups in total. The molecule has 1 heterocycles. The summed E-state index contributed by atoms with van der Waals surface area (Å²) in [5.74, 6) is 1.45. The summed E-state index contributed by atoms with van der Waals surface area (Å²) in [5, 5.41) is 4.14. The Morgan fingerprint density at radius 1 is 1.29 bits per heavy atom. The molecular formula is C15H20BrN3O2. The van der Waals surface area contributed by atoms with Gasteiger partial charge >= 0.3 is 0 Å². The van der Waals surface area contributed by atoms with E-state index in [0.717, 1.165) is 39.9 Å². The van der Waals surface area contributed by atoms with Crippen LogP contribution in [0.4, 0.5) is 0 Å². The molecule has 0 amide bonds. The average Bonchev–Trinajstić information content (AvgIpc) is 2.86. The van der Waals surface area contributed by atoms with Crippen molar-refractivity contribution in [2.24, 2.45) is 12.8 Å². The molecule has 114 valence electrons. The first-order valence-corrected chi connectivity index (χ1v) is 7.60. The predicted octanol–water partition coefficient (Wildman–Crippen LogP) is 2.31. The molecule has 1 aromatic carbocycles. The largest absolute Gasteiger partial charge is 0.493 e. The smallest absolute Gasteiger partial charge is 0.175 e. The van der Waals surface area contributed by atoms with Crippen molar-refractivity contribution in [1.82, 2.24) is 9.78 Å². The van der Waals surface area contributed by atoms with Crippen LogP contribution in [-0.4, -0.2) is 30.0 Å². The van der Waals surface area contributed by atoms with Crippen LogP contribution in [0.25, 0.3) is 0 Å². The summed E-state index contributed by atoms with van der Waals surface area (Å²) in [6.07, 6.45) is 5.44. The lowest BCUT2D eigenvalue weighted by molar-refractivity contribution is 0.295. The molecule has 0 aliphatic rings. The third-order valence-corrected chi connectivity index (χ3v) is 3.71. The number of methoxy groups -OCH3 is 1. The Kier molecular flexibility index (Phi) is 5.64. The zero-order chi connectivity index (χ0) is 15.2. The number of halogens is 1. The van der Waals surface area contributed by atoms with Gasteiger partial charge in [-0.15, -0.1) is 0 Å². The fourth-order valence-electron chi connectivity index (χ4n) is 2.10. The van der Waals surface area contributed by atoms with Gasteiger partial charge in [-0.3, -0.25) is 4.68 Å². The van der Waals surface area contributed by atoms with Crippen LogP contribution in [0.5, 0.6) is 11.5 Å². The van der Waals surface area contributed by atoms with Gasteiger partial charge in [-0.1, -0.05) is 0 Å². The molecule has 0 saturated carbocycles. The van der Waals surface area contributed by atoms with Crippen molar-refractivity contribution in [3.05, 3.63) is 40.1 Å². The quantitative estimate of drug-likeness (QED) is 0.829. The summed E-state index contributed by atoms with van der Waals surface area (Å²) in [4.78, 5) is 0. The van der Waals surface area contributed by atoms with Crippen molar-refractivity contribution in [3.63, 3.8) is 0 Å². The highest BCUT2D eigenvalue weighted by Crippen LogP contribution is 2.36. The summed E-state index contributed by atoms with van der Waals surface area (Å²) >= 11 is 3.54. The van der Waals surface area contributed by atoms with E-state index >= 15 is 0 Å². The summed E-state index contributed by atoms with van der Waals surface area (Å²) in [5.41, 5.74) is 7.86. The molecule has 0 atom stereocenters. The first kappa shape index (κ1) is 15.9. The van der Waals surface area contributed by atoms with E-state index in [-0.39, 0.29) is 0 Å². The Hall–Kier alpha value is -1.53. The van der Waals surface area contributed by atoms with Crippen LogP contribution in [0, 0.1) is 0 Å². The molecule has 0 saturated heterocycles. The monoisotopic (exact) mass is 353 g/mol. The SMILES string of the molecule is COc1cc(CCN)cc(Br)c1OCCc1cnn(C)c1. The normalized spacial score (nSPS) is 10.7. The van der Waals surface area contributed by atoms with Gasteiger partial charge in [0.05, 0.1) is 24.4 Å². The van der Waals surface area contributed by atoms with E-state index < -0.39 is 0 Å². The van der Waals surface area contributed by atoms with Crippen molar-refractivity contribution in [2.45, 2.75) is 12.8 Å². The van der Waals surface area contributed by atoms with Crippen molar-refractivity contribution in [1.29, 1.82) is 0 Å². The Morgan fingerprint density at radius 2 is 2.10 bits per heavy atom. The van der Waals surface area contributed by atoms with Gasteiger partial charge in [-0.25, -0.2) is 0 Å². The lowest BCUT2D eigenvalue weighted by Crippen LogP contribution is -2.05. The number of ether oxygens (including phenoxy) is 2. The number of hydrogen-bond acceptors (Lipinski definition) is 4. The van der Waals surface area contributed by atoms with Crippen LogP contribution >= 0.6 is 15.9 Å². The highest BCUT2D eigenvalue weighted by molar-refractivity contribution is 9.10.